The SMILES string of the molecule is CCn1nnnc1COc1cccc(C(=O)N2CCC(C(N)=O)CC2)c1. The van der Waals surface area contributed by atoms with E-state index in [0.717, 1.165) is 0 Å². The Morgan fingerprint density at radius 1 is 1.31 bits per heavy atom. The van der Waals surface area contributed by atoms with Crippen LogP contribution in [0.4, 0.5) is 0 Å². The fraction of sp³-hybridized carbons (Fsp3) is 0.471. The Morgan fingerprint density at radius 3 is 2.77 bits per heavy atom. The fourth-order valence-corrected chi connectivity index (χ4v) is 2.99. The third-order valence-corrected chi connectivity index (χ3v) is 4.54. The van der Waals surface area contributed by atoms with Crippen LogP contribution in [0, 0.1) is 5.92 Å². The van der Waals surface area contributed by atoms with Crippen LogP contribution in [0.2, 0.25) is 0 Å². The number of hydrogen-bond acceptors (Lipinski definition) is 6. The summed E-state index contributed by atoms with van der Waals surface area (Å²) in [7, 11) is 0. The summed E-state index contributed by atoms with van der Waals surface area (Å²) in [6, 6.07) is 7.03. The van der Waals surface area contributed by atoms with Crippen LogP contribution in [0.25, 0.3) is 0 Å². The quantitative estimate of drug-likeness (QED) is 0.809. The van der Waals surface area contributed by atoms with E-state index < -0.39 is 0 Å². The molecule has 2 amide bonds. The van der Waals surface area contributed by atoms with E-state index in [1.807, 2.05) is 6.92 Å². The van der Waals surface area contributed by atoms with Gasteiger partial charge in [-0.15, -0.1) is 5.10 Å². The average molecular weight is 358 g/mol. The van der Waals surface area contributed by atoms with Crippen LogP contribution in [0.3, 0.4) is 0 Å². The number of ether oxygens (including phenoxy) is 1. The van der Waals surface area contributed by atoms with Crippen molar-refractivity contribution in [1.29, 1.82) is 0 Å². The first-order chi connectivity index (χ1) is 12.6. The fourth-order valence-electron chi connectivity index (χ4n) is 2.99. The maximum atomic E-state index is 12.7. The minimum Gasteiger partial charge on any atom is -0.486 e. The van der Waals surface area contributed by atoms with E-state index in [-0.39, 0.29) is 24.3 Å². The van der Waals surface area contributed by atoms with E-state index in [1.54, 1.807) is 33.8 Å². The lowest BCUT2D eigenvalue weighted by atomic mass is 9.96. The van der Waals surface area contributed by atoms with E-state index in [2.05, 4.69) is 15.5 Å². The highest BCUT2D eigenvalue weighted by molar-refractivity contribution is 5.94. The van der Waals surface area contributed by atoms with Crippen LogP contribution in [-0.2, 0) is 17.9 Å². The molecule has 26 heavy (non-hydrogen) atoms. The second-order valence-corrected chi connectivity index (χ2v) is 6.20. The maximum Gasteiger partial charge on any atom is 0.253 e. The number of nitrogens with zero attached hydrogens (tertiary/aromatic N) is 5. The highest BCUT2D eigenvalue weighted by Crippen LogP contribution is 2.21. The Balaban J connectivity index is 1.62. The van der Waals surface area contributed by atoms with Crippen molar-refractivity contribution < 1.29 is 14.3 Å². The van der Waals surface area contributed by atoms with Gasteiger partial charge >= 0.3 is 0 Å². The van der Waals surface area contributed by atoms with Gasteiger partial charge in [0.15, 0.2) is 5.82 Å². The molecule has 0 saturated carbocycles. The molecular formula is C17H22N6O3. The Kier molecular flexibility index (Phi) is 5.45. The number of aromatic nitrogens is 4. The summed E-state index contributed by atoms with van der Waals surface area (Å²) in [4.78, 5) is 25.7. The number of rotatable bonds is 6. The smallest absolute Gasteiger partial charge is 0.253 e. The topological polar surface area (TPSA) is 116 Å². The summed E-state index contributed by atoms with van der Waals surface area (Å²) in [5.74, 6) is 0.697. The number of hydrogen-bond donors (Lipinski definition) is 1. The van der Waals surface area contributed by atoms with E-state index in [0.29, 0.717) is 49.6 Å². The summed E-state index contributed by atoms with van der Waals surface area (Å²) in [5, 5.41) is 11.4. The summed E-state index contributed by atoms with van der Waals surface area (Å²) in [6.45, 7) is 3.89. The van der Waals surface area contributed by atoms with Crippen LogP contribution in [-0.4, -0.2) is 50.0 Å². The lowest BCUT2D eigenvalue weighted by molar-refractivity contribution is -0.123. The van der Waals surface area contributed by atoms with Crippen molar-refractivity contribution in [2.45, 2.75) is 32.9 Å². The maximum absolute atomic E-state index is 12.7. The molecule has 1 fully saturated rings. The number of nitrogens with two attached hydrogens (primary N) is 1. The van der Waals surface area contributed by atoms with E-state index in [9.17, 15) is 9.59 Å². The Morgan fingerprint density at radius 2 is 2.08 bits per heavy atom. The van der Waals surface area contributed by atoms with Crippen LogP contribution in [0.15, 0.2) is 24.3 Å². The van der Waals surface area contributed by atoms with Gasteiger partial charge in [0.25, 0.3) is 5.91 Å². The summed E-state index contributed by atoms with van der Waals surface area (Å²) >= 11 is 0. The van der Waals surface area contributed by atoms with Crippen LogP contribution >= 0.6 is 0 Å². The largest absolute Gasteiger partial charge is 0.486 e. The number of amides is 2. The first-order valence-electron chi connectivity index (χ1n) is 8.65. The number of carbonyl (C=O) groups excluding carboxylic acids is 2. The molecule has 0 atom stereocenters. The van der Waals surface area contributed by atoms with E-state index in [1.165, 1.54) is 0 Å². The molecular weight excluding hydrogens is 336 g/mol. The third kappa shape index (κ3) is 3.98. The zero-order chi connectivity index (χ0) is 18.5. The third-order valence-electron chi connectivity index (χ3n) is 4.54. The molecule has 1 aromatic heterocycles. The van der Waals surface area contributed by atoms with Gasteiger partial charge in [0.05, 0.1) is 0 Å². The van der Waals surface area contributed by atoms with E-state index in [4.69, 9.17) is 10.5 Å². The molecule has 1 aliphatic rings. The van der Waals surface area contributed by atoms with Crippen molar-refractivity contribution in [2.24, 2.45) is 11.7 Å². The molecule has 1 aromatic carbocycles. The first-order valence-corrected chi connectivity index (χ1v) is 8.65. The van der Waals surface area contributed by atoms with Gasteiger partial charge in [0.2, 0.25) is 5.91 Å². The van der Waals surface area contributed by atoms with Crippen molar-refractivity contribution in [2.75, 3.05) is 13.1 Å². The second kappa shape index (κ2) is 7.94. The van der Waals surface area contributed by atoms with Gasteiger partial charge in [-0.05, 0) is 48.4 Å². The average Bonchev–Trinajstić information content (AvgIpc) is 3.13. The zero-order valence-electron chi connectivity index (χ0n) is 14.7. The van der Waals surface area contributed by atoms with Crippen LogP contribution < -0.4 is 10.5 Å². The minimum absolute atomic E-state index is 0.0724. The predicted octanol–water partition coefficient (Wildman–Crippen LogP) is 0.610. The molecule has 3 rings (SSSR count). The molecule has 9 nitrogen and oxygen atoms in total. The molecule has 0 aliphatic carbocycles. The molecule has 0 bridgehead atoms. The molecule has 2 heterocycles. The Labute approximate surface area is 151 Å². The van der Waals surface area contributed by atoms with Gasteiger partial charge in [-0.3, -0.25) is 9.59 Å². The predicted molar refractivity (Wildman–Crippen MR) is 92.1 cm³/mol. The first kappa shape index (κ1) is 17.8. The monoisotopic (exact) mass is 358 g/mol. The normalized spacial score (nSPS) is 15.0. The summed E-state index contributed by atoms with van der Waals surface area (Å²) in [6.07, 6.45) is 1.22. The van der Waals surface area contributed by atoms with Crippen molar-refractivity contribution in [3.8, 4) is 5.75 Å². The Hall–Kier alpha value is -2.97. The molecule has 1 aliphatic heterocycles. The lowest BCUT2D eigenvalue weighted by Crippen LogP contribution is -2.41. The van der Waals surface area contributed by atoms with Gasteiger partial charge < -0.3 is 15.4 Å². The van der Waals surface area contributed by atoms with Crippen LogP contribution in [0.1, 0.15) is 35.9 Å². The standard InChI is InChI=1S/C17H22N6O3/c1-2-23-15(19-20-21-23)11-26-14-5-3-4-13(10-14)17(25)22-8-6-12(7-9-22)16(18)24/h3-5,10,12H,2,6-9,11H2,1H3,(H2,18,24). The second-order valence-electron chi connectivity index (χ2n) is 6.20. The molecule has 2 N–H and O–H groups in total. The van der Waals surface area contributed by atoms with Crippen molar-refractivity contribution in [3.05, 3.63) is 35.7 Å². The molecule has 1 saturated heterocycles. The lowest BCUT2D eigenvalue weighted by Gasteiger charge is -2.30. The molecule has 0 radical (unpaired) electrons. The van der Waals surface area contributed by atoms with Gasteiger partial charge in [0, 0.05) is 31.1 Å². The van der Waals surface area contributed by atoms with Gasteiger partial charge in [-0.1, -0.05) is 6.07 Å². The Bertz CT molecular complexity index is 782. The minimum atomic E-state index is -0.290. The molecule has 0 unspecified atom stereocenters. The number of likely N-dealkylation sites (tertiary alicyclic amines) is 1. The number of primary amides is 1. The van der Waals surface area contributed by atoms with Crippen molar-refractivity contribution in [1.82, 2.24) is 25.1 Å². The number of benzene rings is 1. The number of aryl methyl sites for hydroxylation is 1. The van der Waals surface area contributed by atoms with Gasteiger partial charge in [0.1, 0.15) is 12.4 Å². The molecule has 0 spiro atoms. The summed E-state index contributed by atoms with van der Waals surface area (Å²) in [5.41, 5.74) is 5.89. The van der Waals surface area contributed by atoms with E-state index >= 15 is 0 Å². The molecule has 9 heteroatoms. The highest BCUT2D eigenvalue weighted by Gasteiger charge is 2.26. The van der Waals surface area contributed by atoms with Gasteiger partial charge in [-0.2, -0.15) is 0 Å². The highest BCUT2D eigenvalue weighted by atomic mass is 16.5. The van der Waals surface area contributed by atoms with Gasteiger partial charge in [-0.25, -0.2) is 4.68 Å². The summed E-state index contributed by atoms with van der Waals surface area (Å²) < 4.78 is 7.37. The number of tetrazole rings is 1. The van der Waals surface area contributed by atoms with Crippen molar-refractivity contribution in [3.63, 3.8) is 0 Å². The zero-order valence-corrected chi connectivity index (χ0v) is 14.7. The van der Waals surface area contributed by atoms with Crippen LogP contribution in [0.5, 0.6) is 5.75 Å². The molecule has 138 valence electrons. The number of piperidine rings is 1. The number of carbonyl (C=O) groups is 2. The van der Waals surface area contributed by atoms with Crippen molar-refractivity contribution >= 4 is 11.8 Å². The molecule has 2 aromatic rings.